The van der Waals surface area contributed by atoms with Crippen LogP contribution < -0.4 is 11.1 Å². The molecule has 0 spiro atoms. The fourth-order valence-corrected chi connectivity index (χ4v) is 1.83. The lowest BCUT2D eigenvalue weighted by molar-refractivity contribution is -0.384. The Labute approximate surface area is 111 Å². The molecule has 0 saturated carbocycles. The van der Waals surface area contributed by atoms with Gasteiger partial charge >= 0.3 is 0 Å². The second-order valence-electron chi connectivity index (χ2n) is 4.14. The van der Waals surface area contributed by atoms with E-state index in [1.165, 1.54) is 12.1 Å². The first kappa shape index (κ1) is 13.0. The van der Waals surface area contributed by atoms with Crippen LogP contribution in [0.2, 0.25) is 0 Å². The van der Waals surface area contributed by atoms with Gasteiger partial charge in [-0.15, -0.1) is 0 Å². The predicted molar refractivity (Wildman–Crippen MR) is 74.8 cm³/mol. The highest BCUT2D eigenvalue weighted by atomic mass is 16.6. The van der Waals surface area contributed by atoms with Gasteiger partial charge in [-0.25, -0.2) is 0 Å². The molecule has 2 aromatic rings. The number of hydrogen-bond donors (Lipinski definition) is 2. The van der Waals surface area contributed by atoms with Crippen molar-refractivity contribution in [2.75, 3.05) is 5.32 Å². The summed E-state index contributed by atoms with van der Waals surface area (Å²) in [5.41, 5.74) is 8.40. The average molecular weight is 257 g/mol. The quantitative estimate of drug-likeness (QED) is 0.637. The molecule has 0 bridgehead atoms. The molecule has 0 radical (unpaired) electrons. The number of anilines is 1. The van der Waals surface area contributed by atoms with Crippen LogP contribution in [0.4, 0.5) is 11.4 Å². The first-order valence-electron chi connectivity index (χ1n) is 5.96. The van der Waals surface area contributed by atoms with Gasteiger partial charge in [-0.1, -0.05) is 30.3 Å². The molecule has 0 saturated heterocycles. The lowest BCUT2D eigenvalue weighted by atomic mass is 10.1. The number of hydrogen-bond acceptors (Lipinski definition) is 4. The van der Waals surface area contributed by atoms with E-state index in [1.54, 1.807) is 6.07 Å². The number of non-ortho nitro benzene ring substituents is 1. The van der Waals surface area contributed by atoms with Gasteiger partial charge in [0.05, 0.1) is 4.92 Å². The van der Waals surface area contributed by atoms with E-state index in [-0.39, 0.29) is 12.2 Å². The van der Waals surface area contributed by atoms with Gasteiger partial charge in [0.2, 0.25) is 0 Å². The molecule has 19 heavy (non-hydrogen) atoms. The van der Waals surface area contributed by atoms with Crippen molar-refractivity contribution in [2.24, 2.45) is 5.73 Å². The molecule has 0 aromatic heterocycles. The molecule has 3 N–H and O–H groups in total. The van der Waals surface area contributed by atoms with Crippen molar-refractivity contribution in [2.45, 2.75) is 13.1 Å². The van der Waals surface area contributed by atoms with E-state index in [4.69, 9.17) is 5.73 Å². The summed E-state index contributed by atoms with van der Waals surface area (Å²) in [5.74, 6) is 0. The maximum atomic E-state index is 10.7. The van der Waals surface area contributed by atoms with E-state index in [0.717, 1.165) is 16.8 Å². The van der Waals surface area contributed by atoms with Gasteiger partial charge in [0.25, 0.3) is 5.69 Å². The molecule has 0 atom stereocenters. The third-order valence-corrected chi connectivity index (χ3v) is 2.85. The normalized spacial score (nSPS) is 10.2. The lowest BCUT2D eigenvalue weighted by Crippen LogP contribution is -2.06. The number of rotatable bonds is 5. The summed E-state index contributed by atoms with van der Waals surface area (Å²) < 4.78 is 0. The monoisotopic (exact) mass is 257 g/mol. The van der Waals surface area contributed by atoms with E-state index in [2.05, 4.69) is 5.32 Å². The number of nitro benzene ring substituents is 1. The molecule has 0 aliphatic heterocycles. The smallest absolute Gasteiger partial charge is 0.269 e. The van der Waals surface area contributed by atoms with Crippen molar-refractivity contribution in [3.8, 4) is 0 Å². The molecule has 98 valence electrons. The molecule has 0 heterocycles. The van der Waals surface area contributed by atoms with E-state index in [9.17, 15) is 10.1 Å². The molecule has 0 fully saturated rings. The zero-order chi connectivity index (χ0) is 13.7. The molecule has 0 aliphatic rings. The lowest BCUT2D eigenvalue weighted by Gasteiger charge is -2.10. The Kier molecular flexibility index (Phi) is 4.10. The largest absolute Gasteiger partial charge is 0.381 e. The van der Waals surface area contributed by atoms with Crippen LogP contribution >= 0.6 is 0 Å². The maximum Gasteiger partial charge on any atom is 0.269 e. The first-order chi connectivity index (χ1) is 9.20. The minimum absolute atomic E-state index is 0.0608. The molecule has 5 heteroatoms. The first-order valence-corrected chi connectivity index (χ1v) is 5.96. The summed E-state index contributed by atoms with van der Waals surface area (Å²) in [4.78, 5) is 10.3. The van der Waals surface area contributed by atoms with Gasteiger partial charge in [-0.3, -0.25) is 10.1 Å². The third-order valence-electron chi connectivity index (χ3n) is 2.85. The zero-order valence-electron chi connectivity index (χ0n) is 10.4. The second kappa shape index (κ2) is 5.97. The van der Waals surface area contributed by atoms with Gasteiger partial charge in [0.1, 0.15) is 0 Å². The molecular weight excluding hydrogens is 242 g/mol. The molecule has 0 aliphatic carbocycles. The summed E-state index contributed by atoms with van der Waals surface area (Å²) in [6.45, 7) is 0.921. The summed E-state index contributed by atoms with van der Waals surface area (Å²) in [6, 6.07) is 14.6. The van der Waals surface area contributed by atoms with Gasteiger partial charge in [0.15, 0.2) is 0 Å². The minimum Gasteiger partial charge on any atom is -0.381 e. The third kappa shape index (κ3) is 3.29. The molecule has 2 rings (SSSR count). The fourth-order valence-electron chi connectivity index (χ4n) is 1.83. The van der Waals surface area contributed by atoms with Crippen molar-refractivity contribution in [1.29, 1.82) is 0 Å². The number of nitrogens with two attached hydrogens (primary N) is 1. The Bertz CT molecular complexity index is 570. The Balaban J connectivity index is 2.14. The van der Waals surface area contributed by atoms with Crippen LogP contribution in [-0.4, -0.2) is 4.92 Å². The predicted octanol–water partition coefficient (Wildman–Crippen LogP) is 2.67. The average Bonchev–Trinajstić information content (AvgIpc) is 2.45. The van der Waals surface area contributed by atoms with E-state index in [1.807, 2.05) is 30.3 Å². The second-order valence-corrected chi connectivity index (χ2v) is 4.14. The van der Waals surface area contributed by atoms with Crippen LogP contribution in [0, 0.1) is 10.1 Å². The van der Waals surface area contributed by atoms with Crippen molar-refractivity contribution in [1.82, 2.24) is 0 Å². The highest BCUT2D eigenvalue weighted by molar-refractivity contribution is 5.56. The molecular formula is C14H15N3O2. The Morgan fingerprint density at radius 3 is 2.53 bits per heavy atom. The zero-order valence-corrected chi connectivity index (χ0v) is 10.4. The van der Waals surface area contributed by atoms with Crippen LogP contribution in [0.25, 0.3) is 0 Å². The highest BCUT2D eigenvalue weighted by Crippen LogP contribution is 2.22. The van der Waals surface area contributed by atoms with Gasteiger partial charge in [0, 0.05) is 30.9 Å². The SMILES string of the molecule is NCc1cc([N+](=O)[O-])ccc1NCc1ccccc1. The highest BCUT2D eigenvalue weighted by Gasteiger charge is 2.09. The van der Waals surface area contributed by atoms with Crippen LogP contribution in [0.15, 0.2) is 48.5 Å². The van der Waals surface area contributed by atoms with Crippen LogP contribution in [0.1, 0.15) is 11.1 Å². The van der Waals surface area contributed by atoms with Crippen LogP contribution in [0.5, 0.6) is 0 Å². The fraction of sp³-hybridized carbons (Fsp3) is 0.143. The van der Waals surface area contributed by atoms with E-state index < -0.39 is 4.92 Å². The number of nitro groups is 1. The Hall–Kier alpha value is -2.40. The Morgan fingerprint density at radius 1 is 1.16 bits per heavy atom. The van der Waals surface area contributed by atoms with Crippen LogP contribution in [0.3, 0.4) is 0 Å². The van der Waals surface area contributed by atoms with Crippen LogP contribution in [-0.2, 0) is 13.1 Å². The number of nitrogens with one attached hydrogen (secondary N) is 1. The molecule has 5 nitrogen and oxygen atoms in total. The van der Waals surface area contributed by atoms with Crippen molar-refractivity contribution >= 4 is 11.4 Å². The Morgan fingerprint density at radius 2 is 1.89 bits per heavy atom. The molecule has 0 unspecified atom stereocenters. The maximum absolute atomic E-state index is 10.7. The number of nitrogens with zero attached hydrogens (tertiary/aromatic N) is 1. The van der Waals surface area contributed by atoms with Gasteiger partial charge in [-0.05, 0) is 17.2 Å². The van der Waals surface area contributed by atoms with Crippen molar-refractivity contribution in [3.05, 3.63) is 69.8 Å². The summed E-state index contributed by atoms with van der Waals surface area (Å²) >= 11 is 0. The summed E-state index contributed by atoms with van der Waals surface area (Å²) in [6.07, 6.45) is 0. The number of benzene rings is 2. The summed E-state index contributed by atoms with van der Waals surface area (Å²) in [7, 11) is 0. The van der Waals surface area contributed by atoms with Crippen molar-refractivity contribution < 1.29 is 4.92 Å². The topological polar surface area (TPSA) is 81.2 Å². The molecule has 0 amide bonds. The van der Waals surface area contributed by atoms with Gasteiger partial charge < -0.3 is 11.1 Å². The van der Waals surface area contributed by atoms with Gasteiger partial charge in [-0.2, -0.15) is 0 Å². The molecule has 2 aromatic carbocycles. The summed E-state index contributed by atoms with van der Waals surface area (Å²) in [5, 5.41) is 13.9. The van der Waals surface area contributed by atoms with E-state index in [0.29, 0.717) is 6.54 Å². The standard InChI is InChI=1S/C14H15N3O2/c15-9-12-8-13(17(18)19)6-7-14(12)16-10-11-4-2-1-3-5-11/h1-8,16H,9-10,15H2. The van der Waals surface area contributed by atoms with Crippen molar-refractivity contribution in [3.63, 3.8) is 0 Å². The van der Waals surface area contributed by atoms with E-state index >= 15 is 0 Å². The minimum atomic E-state index is -0.417.